The fourth-order valence-corrected chi connectivity index (χ4v) is 1.57. The minimum atomic E-state index is 0.0481. The lowest BCUT2D eigenvalue weighted by Gasteiger charge is -2.05. The second-order valence-electron chi connectivity index (χ2n) is 3.41. The van der Waals surface area contributed by atoms with Crippen molar-refractivity contribution >= 4 is 10.9 Å². The molecule has 2 heteroatoms. The monoisotopic (exact) mass is 187 g/mol. The molecule has 14 heavy (non-hydrogen) atoms. The summed E-state index contributed by atoms with van der Waals surface area (Å²) in [6.45, 7) is 4.52. The van der Waals surface area contributed by atoms with Crippen molar-refractivity contribution in [3.8, 4) is 0 Å². The van der Waals surface area contributed by atoms with Gasteiger partial charge in [0, 0.05) is 18.3 Å². The zero-order chi connectivity index (χ0) is 9.97. The average molecular weight is 187 g/mol. The van der Waals surface area contributed by atoms with Gasteiger partial charge in [0.25, 0.3) is 0 Å². The van der Waals surface area contributed by atoms with Gasteiger partial charge in [-0.3, -0.25) is 0 Å². The molecule has 0 aliphatic rings. The normalized spacial score (nSPS) is 10.6. The molecule has 0 saturated heterocycles. The highest BCUT2D eigenvalue weighted by Gasteiger charge is 2.00. The highest BCUT2D eigenvalue weighted by molar-refractivity contribution is 5.79. The number of aliphatic hydroxyl groups is 1. The van der Waals surface area contributed by atoms with Gasteiger partial charge in [-0.25, -0.2) is 0 Å². The molecule has 0 bridgehead atoms. The molecule has 0 aliphatic carbocycles. The number of nitrogens with zero attached hydrogens (tertiary/aromatic N) is 1. The van der Waals surface area contributed by atoms with Crippen LogP contribution in [0.15, 0.2) is 48.7 Å². The molecule has 0 fully saturated rings. The molecule has 0 saturated carbocycles. The van der Waals surface area contributed by atoms with Crippen LogP contribution in [0.4, 0.5) is 0 Å². The van der Waals surface area contributed by atoms with Gasteiger partial charge >= 0.3 is 0 Å². The van der Waals surface area contributed by atoms with E-state index in [2.05, 4.69) is 29.3 Å². The van der Waals surface area contributed by atoms with E-state index < -0.39 is 0 Å². The Morgan fingerprint density at radius 2 is 2.07 bits per heavy atom. The molecule has 1 N–H and O–H groups in total. The van der Waals surface area contributed by atoms with E-state index in [0.29, 0.717) is 6.54 Å². The Bertz CT molecular complexity index is 456. The van der Waals surface area contributed by atoms with Gasteiger partial charge in [-0.1, -0.05) is 24.8 Å². The first-order valence-electron chi connectivity index (χ1n) is 4.62. The van der Waals surface area contributed by atoms with Crippen molar-refractivity contribution in [2.24, 2.45) is 0 Å². The summed E-state index contributed by atoms with van der Waals surface area (Å²) < 4.78 is 2.09. The maximum absolute atomic E-state index is 8.89. The van der Waals surface area contributed by atoms with Crippen LogP contribution in [-0.2, 0) is 6.54 Å². The van der Waals surface area contributed by atoms with Crippen molar-refractivity contribution in [1.29, 1.82) is 0 Å². The summed E-state index contributed by atoms with van der Waals surface area (Å²) in [6, 6.07) is 10.3. The quantitative estimate of drug-likeness (QED) is 0.732. The summed E-state index contributed by atoms with van der Waals surface area (Å²) in [6.07, 6.45) is 2.02. The van der Waals surface area contributed by atoms with Crippen molar-refractivity contribution in [2.75, 3.05) is 6.61 Å². The highest BCUT2D eigenvalue weighted by atomic mass is 16.3. The number of para-hydroxylation sites is 1. The lowest BCUT2D eigenvalue weighted by molar-refractivity contribution is 0.325. The first-order valence-corrected chi connectivity index (χ1v) is 4.62. The van der Waals surface area contributed by atoms with Crippen LogP contribution in [0.3, 0.4) is 0 Å². The topological polar surface area (TPSA) is 25.2 Å². The highest BCUT2D eigenvalue weighted by Crippen LogP contribution is 2.15. The van der Waals surface area contributed by atoms with Crippen molar-refractivity contribution in [3.63, 3.8) is 0 Å². The number of aliphatic hydroxyl groups excluding tert-OH is 1. The predicted molar refractivity (Wildman–Crippen MR) is 58.2 cm³/mol. The fraction of sp³-hybridized carbons (Fsp3) is 0.167. The average Bonchev–Trinajstić information content (AvgIpc) is 2.62. The number of hydrogen-bond donors (Lipinski definition) is 1. The number of hydrogen-bond acceptors (Lipinski definition) is 1. The Kier molecular flexibility index (Phi) is 2.37. The van der Waals surface area contributed by atoms with Crippen molar-refractivity contribution < 1.29 is 5.11 Å². The molecular formula is C12H13NO. The van der Waals surface area contributed by atoms with E-state index in [4.69, 9.17) is 5.11 Å². The van der Waals surface area contributed by atoms with E-state index in [1.165, 1.54) is 10.9 Å². The third-order valence-corrected chi connectivity index (χ3v) is 2.30. The Labute approximate surface area is 83.1 Å². The Morgan fingerprint density at radius 1 is 1.29 bits per heavy atom. The SMILES string of the molecule is C=C(CO)Cn1ccc2ccccc21. The molecular weight excluding hydrogens is 174 g/mol. The van der Waals surface area contributed by atoms with Crippen LogP contribution >= 0.6 is 0 Å². The molecule has 72 valence electrons. The Balaban J connectivity index is 2.38. The van der Waals surface area contributed by atoms with Gasteiger partial charge in [0.15, 0.2) is 0 Å². The molecule has 2 aromatic rings. The first-order chi connectivity index (χ1) is 6.81. The zero-order valence-corrected chi connectivity index (χ0v) is 7.98. The Hall–Kier alpha value is -1.54. The summed E-state index contributed by atoms with van der Waals surface area (Å²) >= 11 is 0. The summed E-state index contributed by atoms with van der Waals surface area (Å²) in [4.78, 5) is 0. The minimum Gasteiger partial charge on any atom is -0.392 e. The second-order valence-corrected chi connectivity index (χ2v) is 3.41. The van der Waals surface area contributed by atoms with E-state index >= 15 is 0 Å². The van der Waals surface area contributed by atoms with Gasteiger partial charge < -0.3 is 9.67 Å². The van der Waals surface area contributed by atoms with Crippen molar-refractivity contribution in [2.45, 2.75) is 6.54 Å². The van der Waals surface area contributed by atoms with Crippen LogP contribution < -0.4 is 0 Å². The standard InChI is InChI=1S/C12H13NO/c1-10(9-14)8-13-7-6-11-4-2-3-5-12(11)13/h2-7,14H,1,8-9H2. The second kappa shape index (κ2) is 3.68. The molecule has 0 spiro atoms. The van der Waals surface area contributed by atoms with E-state index in [1.54, 1.807) is 0 Å². The minimum absolute atomic E-state index is 0.0481. The van der Waals surface area contributed by atoms with Gasteiger partial charge in [0.2, 0.25) is 0 Å². The molecule has 0 aliphatic heterocycles. The molecule has 1 aromatic heterocycles. The number of aromatic nitrogens is 1. The first kappa shape index (κ1) is 9.03. The van der Waals surface area contributed by atoms with E-state index in [-0.39, 0.29) is 6.61 Å². The molecule has 0 unspecified atom stereocenters. The predicted octanol–water partition coefficient (Wildman–Crippen LogP) is 2.19. The molecule has 2 nitrogen and oxygen atoms in total. The Morgan fingerprint density at radius 3 is 2.86 bits per heavy atom. The summed E-state index contributed by atoms with van der Waals surface area (Å²) in [7, 11) is 0. The van der Waals surface area contributed by atoms with Crippen LogP contribution in [0.5, 0.6) is 0 Å². The van der Waals surface area contributed by atoms with Gasteiger partial charge in [0.05, 0.1) is 6.61 Å². The summed E-state index contributed by atoms with van der Waals surface area (Å²) in [5.74, 6) is 0. The molecule has 0 atom stereocenters. The van der Waals surface area contributed by atoms with E-state index in [9.17, 15) is 0 Å². The van der Waals surface area contributed by atoms with Crippen LogP contribution in [-0.4, -0.2) is 16.3 Å². The third kappa shape index (κ3) is 1.56. The lowest BCUT2D eigenvalue weighted by atomic mass is 10.2. The molecule has 0 radical (unpaired) electrons. The largest absolute Gasteiger partial charge is 0.392 e. The van der Waals surface area contributed by atoms with E-state index in [1.807, 2.05) is 18.3 Å². The number of fused-ring (bicyclic) bond motifs is 1. The van der Waals surface area contributed by atoms with Crippen LogP contribution in [0, 0.1) is 0 Å². The summed E-state index contributed by atoms with van der Waals surface area (Å²) in [5.41, 5.74) is 2.01. The third-order valence-electron chi connectivity index (χ3n) is 2.30. The number of rotatable bonds is 3. The van der Waals surface area contributed by atoms with Crippen molar-refractivity contribution in [3.05, 3.63) is 48.7 Å². The van der Waals surface area contributed by atoms with Gasteiger partial charge in [-0.05, 0) is 23.1 Å². The lowest BCUT2D eigenvalue weighted by Crippen LogP contribution is -2.01. The van der Waals surface area contributed by atoms with Gasteiger partial charge in [-0.15, -0.1) is 0 Å². The smallest absolute Gasteiger partial charge is 0.0656 e. The molecule has 1 heterocycles. The number of benzene rings is 1. The molecule has 2 rings (SSSR count). The van der Waals surface area contributed by atoms with Crippen LogP contribution in [0.2, 0.25) is 0 Å². The molecule has 0 amide bonds. The van der Waals surface area contributed by atoms with Gasteiger partial charge in [0.1, 0.15) is 0 Å². The van der Waals surface area contributed by atoms with E-state index in [0.717, 1.165) is 5.57 Å². The summed E-state index contributed by atoms with van der Waals surface area (Å²) in [5, 5.41) is 10.1. The fourth-order valence-electron chi connectivity index (χ4n) is 1.57. The zero-order valence-electron chi connectivity index (χ0n) is 7.98. The maximum atomic E-state index is 8.89. The van der Waals surface area contributed by atoms with Crippen LogP contribution in [0.25, 0.3) is 10.9 Å². The maximum Gasteiger partial charge on any atom is 0.0656 e. The van der Waals surface area contributed by atoms with Crippen LogP contribution in [0.1, 0.15) is 0 Å². The molecule has 1 aromatic carbocycles. The van der Waals surface area contributed by atoms with Crippen molar-refractivity contribution in [1.82, 2.24) is 4.57 Å². The van der Waals surface area contributed by atoms with Gasteiger partial charge in [-0.2, -0.15) is 0 Å².